The Morgan fingerprint density at radius 3 is 2.30 bits per heavy atom. The highest BCUT2D eigenvalue weighted by molar-refractivity contribution is 6.32. The minimum atomic E-state index is 0.315. The highest BCUT2D eigenvalue weighted by Crippen LogP contribution is 2.37. The molecule has 3 rings (SSSR count). The van der Waals surface area contributed by atoms with Crippen LogP contribution in [-0.4, -0.2) is 20.8 Å². The van der Waals surface area contributed by atoms with Crippen molar-refractivity contribution in [3.8, 4) is 17.2 Å². The molecule has 3 aromatic carbocycles. The third-order valence-electron chi connectivity index (χ3n) is 4.70. The second kappa shape index (κ2) is 11.1. The molecule has 0 saturated heterocycles. The average Bonchev–Trinajstić information content (AvgIpc) is 2.77. The lowest BCUT2D eigenvalue weighted by Crippen LogP contribution is -2.16. The molecule has 0 saturated carbocycles. The van der Waals surface area contributed by atoms with Gasteiger partial charge in [-0.15, -0.1) is 0 Å². The average molecular weight is 446 g/mol. The van der Waals surface area contributed by atoms with Crippen LogP contribution in [-0.2, 0) is 19.6 Å². The highest BCUT2D eigenvalue weighted by Gasteiger charge is 2.13. The van der Waals surface area contributed by atoms with Crippen LogP contribution in [0, 0.1) is 0 Å². The van der Waals surface area contributed by atoms with E-state index in [2.05, 4.69) is 17.4 Å². The number of rotatable bonds is 10. The molecule has 0 aliphatic carbocycles. The Kier molecular flexibility index (Phi) is 8.26. The van der Waals surface area contributed by atoms with Gasteiger partial charge in [-0.1, -0.05) is 53.5 Å². The van der Waals surface area contributed by atoms with Crippen LogP contribution in [0.3, 0.4) is 0 Å². The smallest absolute Gasteiger partial charge is 0.180 e. The van der Waals surface area contributed by atoms with Crippen LogP contribution in [0.25, 0.3) is 0 Å². The maximum absolute atomic E-state index is 6.48. The first-order chi connectivity index (χ1) is 14.6. The van der Waals surface area contributed by atoms with Crippen LogP contribution in [0.1, 0.15) is 16.7 Å². The van der Waals surface area contributed by atoms with Gasteiger partial charge in [-0.05, 0) is 54.4 Å². The van der Waals surface area contributed by atoms with Crippen molar-refractivity contribution >= 4 is 23.2 Å². The molecule has 0 radical (unpaired) electrons. The third kappa shape index (κ3) is 6.05. The van der Waals surface area contributed by atoms with Gasteiger partial charge in [0.25, 0.3) is 0 Å². The summed E-state index contributed by atoms with van der Waals surface area (Å²) in [6.07, 6.45) is 0.924. The van der Waals surface area contributed by atoms with Gasteiger partial charge in [0.15, 0.2) is 11.5 Å². The van der Waals surface area contributed by atoms with Crippen molar-refractivity contribution in [1.29, 1.82) is 0 Å². The van der Waals surface area contributed by atoms with Crippen molar-refractivity contribution in [3.05, 3.63) is 87.4 Å². The van der Waals surface area contributed by atoms with Crippen LogP contribution in [0.15, 0.2) is 60.7 Å². The predicted molar refractivity (Wildman–Crippen MR) is 122 cm³/mol. The summed E-state index contributed by atoms with van der Waals surface area (Å²) in [7, 11) is 3.28. The Balaban J connectivity index is 1.57. The molecular formula is C24H25Cl2NO3. The number of hydrogen-bond acceptors (Lipinski definition) is 4. The van der Waals surface area contributed by atoms with Gasteiger partial charge in [-0.25, -0.2) is 0 Å². The summed E-state index contributed by atoms with van der Waals surface area (Å²) in [4.78, 5) is 0. The van der Waals surface area contributed by atoms with E-state index < -0.39 is 0 Å². The zero-order valence-electron chi connectivity index (χ0n) is 17.1. The molecule has 0 fully saturated rings. The summed E-state index contributed by atoms with van der Waals surface area (Å²) >= 11 is 12.7. The monoisotopic (exact) mass is 445 g/mol. The lowest BCUT2D eigenvalue weighted by molar-refractivity contribution is 0.284. The van der Waals surface area contributed by atoms with Crippen LogP contribution >= 0.6 is 23.2 Å². The largest absolute Gasteiger partial charge is 0.497 e. The van der Waals surface area contributed by atoms with Gasteiger partial charge in [0.2, 0.25) is 0 Å². The number of methoxy groups -OCH3 is 2. The van der Waals surface area contributed by atoms with E-state index in [1.807, 2.05) is 48.5 Å². The van der Waals surface area contributed by atoms with Gasteiger partial charge >= 0.3 is 0 Å². The van der Waals surface area contributed by atoms with Crippen LogP contribution in [0.4, 0.5) is 0 Å². The Morgan fingerprint density at radius 2 is 1.60 bits per heavy atom. The Hall–Kier alpha value is -2.40. The summed E-state index contributed by atoms with van der Waals surface area (Å²) in [5.74, 6) is 1.98. The molecule has 0 unspecified atom stereocenters. The number of nitrogens with one attached hydrogen (secondary N) is 1. The van der Waals surface area contributed by atoms with Gasteiger partial charge in [-0.3, -0.25) is 0 Å². The van der Waals surface area contributed by atoms with Crippen molar-refractivity contribution in [2.45, 2.75) is 19.6 Å². The lowest BCUT2D eigenvalue weighted by atomic mass is 10.1. The quantitative estimate of drug-likeness (QED) is 0.393. The van der Waals surface area contributed by atoms with Crippen molar-refractivity contribution < 1.29 is 14.2 Å². The van der Waals surface area contributed by atoms with E-state index in [0.29, 0.717) is 34.7 Å². The first-order valence-corrected chi connectivity index (χ1v) is 10.4. The molecule has 158 valence electrons. The molecule has 0 bridgehead atoms. The number of benzene rings is 3. The van der Waals surface area contributed by atoms with E-state index >= 15 is 0 Å². The third-order valence-corrected chi connectivity index (χ3v) is 5.35. The first kappa shape index (κ1) is 22.3. The Bertz CT molecular complexity index is 961. The van der Waals surface area contributed by atoms with Crippen LogP contribution < -0.4 is 19.5 Å². The maximum atomic E-state index is 6.48. The normalized spacial score (nSPS) is 10.7. The predicted octanol–water partition coefficient (Wildman–Crippen LogP) is 5.92. The molecule has 0 aliphatic rings. The molecule has 0 aliphatic heterocycles. The van der Waals surface area contributed by atoms with Crippen molar-refractivity contribution in [1.82, 2.24) is 5.32 Å². The minimum absolute atomic E-state index is 0.315. The van der Waals surface area contributed by atoms with Crippen molar-refractivity contribution in [2.75, 3.05) is 20.8 Å². The first-order valence-electron chi connectivity index (χ1n) is 9.67. The second-order valence-corrected chi connectivity index (χ2v) is 7.58. The highest BCUT2D eigenvalue weighted by atomic mass is 35.5. The Labute approximate surface area is 187 Å². The van der Waals surface area contributed by atoms with Crippen LogP contribution in [0.2, 0.25) is 10.0 Å². The summed E-state index contributed by atoms with van der Waals surface area (Å²) < 4.78 is 16.6. The van der Waals surface area contributed by atoms with Crippen molar-refractivity contribution in [3.63, 3.8) is 0 Å². The lowest BCUT2D eigenvalue weighted by Gasteiger charge is -2.15. The molecule has 0 spiro atoms. The van der Waals surface area contributed by atoms with Gasteiger partial charge in [0, 0.05) is 17.1 Å². The van der Waals surface area contributed by atoms with E-state index in [-0.39, 0.29) is 0 Å². The number of halogens is 2. The SMILES string of the molecule is COc1ccc(CCNCc2cc(Cl)c(OCc3ccccc3Cl)c(OC)c2)cc1. The maximum Gasteiger partial charge on any atom is 0.180 e. The van der Waals surface area contributed by atoms with E-state index in [1.165, 1.54) is 5.56 Å². The second-order valence-electron chi connectivity index (χ2n) is 6.76. The molecule has 30 heavy (non-hydrogen) atoms. The fourth-order valence-corrected chi connectivity index (χ4v) is 3.52. The molecule has 0 aromatic heterocycles. The van der Waals surface area contributed by atoms with E-state index in [4.69, 9.17) is 37.4 Å². The number of hydrogen-bond donors (Lipinski definition) is 1. The molecule has 3 aromatic rings. The zero-order valence-corrected chi connectivity index (χ0v) is 18.6. The van der Waals surface area contributed by atoms with E-state index in [0.717, 1.165) is 29.8 Å². The van der Waals surface area contributed by atoms with E-state index in [9.17, 15) is 0 Å². The van der Waals surface area contributed by atoms with Crippen molar-refractivity contribution in [2.24, 2.45) is 0 Å². The van der Waals surface area contributed by atoms with Crippen LogP contribution in [0.5, 0.6) is 17.2 Å². The molecule has 4 nitrogen and oxygen atoms in total. The fraction of sp³-hybridized carbons (Fsp3) is 0.250. The summed E-state index contributed by atoms with van der Waals surface area (Å²) in [5, 5.41) is 4.60. The molecule has 1 N–H and O–H groups in total. The minimum Gasteiger partial charge on any atom is -0.497 e. The van der Waals surface area contributed by atoms with Gasteiger partial charge in [-0.2, -0.15) is 0 Å². The standard InChI is InChI=1S/C24H25Cl2NO3/c1-28-20-9-7-17(8-10-20)11-12-27-15-18-13-22(26)24(23(14-18)29-2)30-16-19-5-3-4-6-21(19)25/h3-10,13-14,27H,11-12,15-16H2,1-2H3. The Morgan fingerprint density at radius 1 is 0.833 bits per heavy atom. The van der Waals surface area contributed by atoms with Gasteiger partial charge < -0.3 is 19.5 Å². The molecule has 0 amide bonds. The molecular weight excluding hydrogens is 421 g/mol. The summed E-state index contributed by atoms with van der Waals surface area (Å²) in [5.41, 5.74) is 3.17. The van der Waals surface area contributed by atoms with Gasteiger partial charge in [0.05, 0.1) is 19.2 Å². The van der Waals surface area contributed by atoms with E-state index in [1.54, 1.807) is 14.2 Å². The molecule has 0 atom stereocenters. The summed E-state index contributed by atoms with van der Waals surface area (Å²) in [6, 6.07) is 19.5. The summed E-state index contributed by atoms with van der Waals surface area (Å²) in [6.45, 7) is 1.84. The fourth-order valence-electron chi connectivity index (χ4n) is 3.04. The number of ether oxygens (including phenoxy) is 3. The zero-order chi connectivity index (χ0) is 21.3. The topological polar surface area (TPSA) is 39.7 Å². The van der Waals surface area contributed by atoms with Gasteiger partial charge in [0.1, 0.15) is 12.4 Å². The molecule has 0 heterocycles. The molecule has 6 heteroatoms.